The second-order valence-electron chi connectivity index (χ2n) is 9.90. The molecule has 0 N–H and O–H groups in total. The van der Waals surface area contributed by atoms with Gasteiger partial charge in [0.15, 0.2) is 0 Å². The summed E-state index contributed by atoms with van der Waals surface area (Å²) in [5, 5.41) is 8.97. The zero-order valence-corrected chi connectivity index (χ0v) is 20.9. The van der Waals surface area contributed by atoms with Crippen LogP contribution in [0.1, 0.15) is 48.1 Å². The van der Waals surface area contributed by atoms with Crippen LogP contribution in [0.3, 0.4) is 0 Å². The Hall–Kier alpha value is -3.63. The molecule has 2 aliphatic rings. The Kier molecular flexibility index (Phi) is 7.06. The number of carbonyl (C=O) groups excluding carboxylic acids is 1. The molecule has 1 aromatic heterocycles. The molecule has 1 aliphatic heterocycles. The van der Waals surface area contributed by atoms with Gasteiger partial charge in [0, 0.05) is 51.0 Å². The van der Waals surface area contributed by atoms with Crippen molar-refractivity contribution in [3.05, 3.63) is 83.4 Å². The molecule has 1 saturated heterocycles. The van der Waals surface area contributed by atoms with Crippen LogP contribution in [0.25, 0.3) is 0 Å². The van der Waals surface area contributed by atoms with Crippen LogP contribution >= 0.6 is 0 Å². The Labute approximate surface area is 212 Å². The van der Waals surface area contributed by atoms with Crippen molar-refractivity contribution < 1.29 is 9.53 Å². The van der Waals surface area contributed by atoms with E-state index in [0.29, 0.717) is 5.56 Å². The molecule has 186 valence electrons. The van der Waals surface area contributed by atoms with Gasteiger partial charge in [0.05, 0.1) is 36.2 Å². The maximum absolute atomic E-state index is 13.9. The molecular formula is C29H33N5O2. The van der Waals surface area contributed by atoms with Gasteiger partial charge in [-0.1, -0.05) is 43.2 Å². The van der Waals surface area contributed by atoms with Crippen LogP contribution in [0.5, 0.6) is 5.75 Å². The third-order valence-electron chi connectivity index (χ3n) is 7.67. The molecule has 0 atom stereocenters. The molecule has 5 rings (SSSR count). The first kappa shape index (κ1) is 24.1. The number of imidazole rings is 1. The molecule has 1 amide bonds. The molecule has 7 nitrogen and oxygen atoms in total. The Morgan fingerprint density at radius 2 is 1.75 bits per heavy atom. The summed E-state index contributed by atoms with van der Waals surface area (Å²) in [6, 6.07) is 17.8. The van der Waals surface area contributed by atoms with Gasteiger partial charge >= 0.3 is 0 Å². The van der Waals surface area contributed by atoms with E-state index >= 15 is 0 Å². The van der Waals surface area contributed by atoms with Crippen molar-refractivity contribution in [3.63, 3.8) is 0 Å². The fourth-order valence-corrected chi connectivity index (χ4v) is 5.73. The zero-order chi connectivity index (χ0) is 25.0. The number of hydrogen-bond donors (Lipinski definition) is 0. The molecule has 1 aliphatic carbocycles. The average Bonchev–Trinajstić information content (AvgIpc) is 3.60. The number of ether oxygens (including phenoxy) is 1. The number of amides is 1. The van der Waals surface area contributed by atoms with Gasteiger partial charge in [0.1, 0.15) is 5.75 Å². The molecule has 3 aromatic rings. The van der Waals surface area contributed by atoms with Crippen LogP contribution in [0.15, 0.2) is 61.1 Å². The maximum atomic E-state index is 13.9. The van der Waals surface area contributed by atoms with Crippen molar-refractivity contribution in [2.45, 2.75) is 44.2 Å². The Morgan fingerprint density at radius 1 is 1.03 bits per heavy atom. The number of nitriles is 1. The average molecular weight is 484 g/mol. The number of para-hydroxylation sites is 1. The summed E-state index contributed by atoms with van der Waals surface area (Å²) < 4.78 is 7.73. The fraction of sp³-hybridized carbons (Fsp3) is 0.414. The molecule has 36 heavy (non-hydrogen) atoms. The predicted molar refractivity (Wildman–Crippen MR) is 137 cm³/mol. The van der Waals surface area contributed by atoms with E-state index < -0.39 is 5.41 Å². The molecule has 0 bridgehead atoms. The van der Waals surface area contributed by atoms with Gasteiger partial charge in [-0.3, -0.25) is 9.69 Å². The quantitative estimate of drug-likeness (QED) is 0.508. The second kappa shape index (κ2) is 10.5. The van der Waals surface area contributed by atoms with Gasteiger partial charge in [-0.2, -0.15) is 5.26 Å². The molecule has 0 unspecified atom stereocenters. The topological polar surface area (TPSA) is 74.4 Å². The van der Waals surface area contributed by atoms with Crippen molar-refractivity contribution in [2.24, 2.45) is 0 Å². The van der Waals surface area contributed by atoms with Gasteiger partial charge in [-0.25, -0.2) is 4.98 Å². The van der Waals surface area contributed by atoms with E-state index in [1.54, 1.807) is 7.11 Å². The predicted octanol–water partition coefficient (Wildman–Crippen LogP) is 3.97. The highest BCUT2D eigenvalue weighted by Crippen LogP contribution is 2.46. The lowest BCUT2D eigenvalue weighted by atomic mass is 9.76. The molecule has 2 fully saturated rings. The highest BCUT2D eigenvalue weighted by atomic mass is 16.5. The highest BCUT2D eigenvalue weighted by Gasteiger charge is 2.46. The molecule has 2 heterocycles. The minimum absolute atomic E-state index is 0.260. The zero-order valence-electron chi connectivity index (χ0n) is 20.9. The van der Waals surface area contributed by atoms with E-state index in [2.05, 4.69) is 37.7 Å². The van der Waals surface area contributed by atoms with Gasteiger partial charge in [-0.05, 0) is 36.6 Å². The van der Waals surface area contributed by atoms with E-state index in [1.807, 2.05) is 48.8 Å². The lowest BCUT2D eigenvalue weighted by molar-refractivity contribution is -0.139. The fourth-order valence-electron chi connectivity index (χ4n) is 5.73. The summed E-state index contributed by atoms with van der Waals surface area (Å²) in [5.41, 5.74) is 3.43. The van der Waals surface area contributed by atoms with Crippen LogP contribution in [0.4, 0.5) is 0 Å². The molecule has 2 aromatic carbocycles. The Bertz CT molecular complexity index is 1230. The maximum Gasteiger partial charge on any atom is 0.233 e. The van der Waals surface area contributed by atoms with Crippen molar-refractivity contribution in [3.8, 4) is 11.8 Å². The Balaban J connectivity index is 1.19. The summed E-state index contributed by atoms with van der Waals surface area (Å²) in [4.78, 5) is 22.9. The molecule has 0 spiro atoms. The molecule has 1 saturated carbocycles. The van der Waals surface area contributed by atoms with Crippen LogP contribution in [-0.2, 0) is 23.3 Å². The number of aromatic nitrogens is 2. The first-order valence-electron chi connectivity index (χ1n) is 12.8. The van der Waals surface area contributed by atoms with Gasteiger partial charge in [0.2, 0.25) is 5.91 Å². The molecule has 0 radical (unpaired) electrons. The van der Waals surface area contributed by atoms with Gasteiger partial charge in [0.25, 0.3) is 0 Å². The van der Waals surface area contributed by atoms with Crippen LogP contribution in [0.2, 0.25) is 0 Å². The number of methoxy groups -OCH3 is 1. The van der Waals surface area contributed by atoms with Crippen LogP contribution < -0.4 is 4.74 Å². The number of hydrogen-bond acceptors (Lipinski definition) is 5. The summed E-state index contributed by atoms with van der Waals surface area (Å²) in [7, 11) is 1.69. The molecule has 7 heteroatoms. The van der Waals surface area contributed by atoms with E-state index in [1.165, 1.54) is 0 Å². The van der Waals surface area contributed by atoms with Crippen LogP contribution in [-0.4, -0.2) is 58.5 Å². The van der Waals surface area contributed by atoms with E-state index in [-0.39, 0.29) is 5.91 Å². The van der Waals surface area contributed by atoms with Gasteiger partial charge in [-0.15, -0.1) is 0 Å². The Morgan fingerprint density at radius 3 is 2.44 bits per heavy atom. The van der Waals surface area contributed by atoms with Crippen molar-refractivity contribution >= 4 is 5.91 Å². The number of nitrogens with zero attached hydrogens (tertiary/aromatic N) is 5. The third kappa shape index (κ3) is 4.87. The number of benzene rings is 2. The smallest absolute Gasteiger partial charge is 0.233 e. The number of carbonyl (C=O) groups is 1. The first-order valence-corrected chi connectivity index (χ1v) is 12.8. The first-order chi connectivity index (χ1) is 17.6. The van der Waals surface area contributed by atoms with E-state index in [9.17, 15) is 4.79 Å². The normalized spacial score (nSPS) is 17.6. The summed E-state index contributed by atoms with van der Waals surface area (Å²) >= 11 is 0. The lowest BCUT2D eigenvalue weighted by Gasteiger charge is -2.40. The summed E-state index contributed by atoms with van der Waals surface area (Å²) in [5.74, 6) is 1.08. The summed E-state index contributed by atoms with van der Waals surface area (Å²) in [6.45, 7) is 4.67. The standard InChI is InChI=1S/C29H33N5O2/c1-36-27-7-3-2-6-26(27)29(12-4-5-13-29)28(35)34-16-14-32(15-17-34)20-25-21-33(22-31-25)19-24-10-8-23(18-30)9-11-24/h2-3,6-11,21-22H,4-5,12-17,19-20H2,1H3. The third-order valence-corrected chi connectivity index (χ3v) is 7.67. The minimum atomic E-state index is -0.459. The second-order valence-corrected chi connectivity index (χ2v) is 9.90. The van der Waals surface area contributed by atoms with E-state index in [4.69, 9.17) is 10.00 Å². The molecular weight excluding hydrogens is 450 g/mol. The lowest BCUT2D eigenvalue weighted by Crippen LogP contribution is -2.53. The van der Waals surface area contributed by atoms with Crippen LogP contribution in [0, 0.1) is 11.3 Å². The minimum Gasteiger partial charge on any atom is -0.496 e. The monoisotopic (exact) mass is 483 g/mol. The highest BCUT2D eigenvalue weighted by molar-refractivity contribution is 5.89. The number of piperazine rings is 1. The van der Waals surface area contributed by atoms with Crippen molar-refractivity contribution in [1.82, 2.24) is 19.4 Å². The van der Waals surface area contributed by atoms with Crippen molar-refractivity contribution in [1.29, 1.82) is 5.26 Å². The van der Waals surface area contributed by atoms with E-state index in [0.717, 1.165) is 87.5 Å². The largest absolute Gasteiger partial charge is 0.496 e. The van der Waals surface area contributed by atoms with Crippen molar-refractivity contribution in [2.75, 3.05) is 33.3 Å². The SMILES string of the molecule is COc1ccccc1C1(C(=O)N2CCN(Cc3cn(Cc4ccc(C#N)cc4)cn3)CC2)CCCC1. The summed E-state index contributed by atoms with van der Waals surface area (Å²) in [6.07, 6.45) is 7.89. The van der Waals surface area contributed by atoms with Gasteiger partial charge < -0.3 is 14.2 Å². The number of rotatable bonds is 7.